The van der Waals surface area contributed by atoms with Gasteiger partial charge in [-0.2, -0.15) is 0 Å². The van der Waals surface area contributed by atoms with E-state index >= 15 is 0 Å². The van der Waals surface area contributed by atoms with E-state index < -0.39 is 22.8 Å². The number of non-ortho nitro benzene ring substituents is 1. The van der Waals surface area contributed by atoms with Crippen LogP contribution in [0.15, 0.2) is 42.5 Å². The number of nitrogens with zero attached hydrogens (tertiary/aromatic N) is 1. The minimum absolute atomic E-state index is 0.0774. The number of carbonyl (C=O) groups is 2. The molecule has 0 spiro atoms. The Bertz CT molecular complexity index is 851. The van der Waals surface area contributed by atoms with Gasteiger partial charge in [-0.25, -0.2) is 0 Å². The third-order valence-corrected chi connectivity index (χ3v) is 3.81. The van der Waals surface area contributed by atoms with Crippen molar-refractivity contribution in [2.45, 2.75) is 13.0 Å². The standard InChI is InChI=1S/C18H19N3O6/c1-11(12-4-7-14(26-2)8-5-12)19-17(22)18(23)20-15-9-6-13(21(24)25)10-16(15)27-3/h4-11H,1-3H3,(H,19,22)(H,20,23). The molecule has 0 bridgehead atoms. The first-order chi connectivity index (χ1) is 12.8. The average molecular weight is 373 g/mol. The summed E-state index contributed by atoms with van der Waals surface area (Å²) in [6, 6.07) is 10.3. The number of nitrogens with one attached hydrogen (secondary N) is 2. The fourth-order valence-electron chi connectivity index (χ4n) is 2.31. The molecule has 9 nitrogen and oxygen atoms in total. The largest absolute Gasteiger partial charge is 0.497 e. The third-order valence-electron chi connectivity index (χ3n) is 3.81. The summed E-state index contributed by atoms with van der Waals surface area (Å²) in [5.74, 6) is -1.00. The summed E-state index contributed by atoms with van der Waals surface area (Å²) >= 11 is 0. The van der Waals surface area contributed by atoms with E-state index in [1.807, 2.05) is 0 Å². The molecule has 2 amide bonds. The molecule has 0 aliphatic rings. The van der Waals surface area contributed by atoms with Gasteiger partial charge in [-0.15, -0.1) is 0 Å². The van der Waals surface area contributed by atoms with Gasteiger partial charge in [0.1, 0.15) is 11.5 Å². The topological polar surface area (TPSA) is 120 Å². The molecule has 0 saturated carbocycles. The van der Waals surface area contributed by atoms with Crippen LogP contribution in [0.2, 0.25) is 0 Å². The predicted octanol–water partition coefficient (Wildman–Crippen LogP) is 2.43. The summed E-state index contributed by atoms with van der Waals surface area (Å²) in [5.41, 5.74) is 0.757. The van der Waals surface area contributed by atoms with E-state index in [0.717, 1.165) is 11.6 Å². The van der Waals surface area contributed by atoms with Gasteiger partial charge in [0.25, 0.3) is 5.69 Å². The van der Waals surface area contributed by atoms with Crippen LogP contribution in [0.25, 0.3) is 0 Å². The van der Waals surface area contributed by atoms with Gasteiger partial charge in [-0.3, -0.25) is 19.7 Å². The Kier molecular flexibility index (Phi) is 6.32. The number of amides is 2. The summed E-state index contributed by atoms with van der Waals surface area (Å²) in [5, 5.41) is 15.8. The van der Waals surface area contributed by atoms with Crippen molar-refractivity contribution in [2.24, 2.45) is 0 Å². The lowest BCUT2D eigenvalue weighted by Gasteiger charge is -2.15. The summed E-state index contributed by atoms with van der Waals surface area (Å²) < 4.78 is 10.1. The first kappa shape index (κ1) is 19.7. The second-order valence-electron chi connectivity index (χ2n) is 5.56. The summed E-state index contributed by atoms with van der Waals surface area (Å²) in [7, 11) is 2.86. The molecule has 0 aliphatic heterocycles. The molecule has 0 heterocycles. The number of methoxy groups -OCH3 is 2. The van der Waals surface area contributed by atoms with Gasteiger partial charge < -0.3 is 20.1 Å². The Labute approximate surface area is 155 Å². The smallest absolute Gasteiger partial charge is 0.313 e. The van der Waals surface area contributed by atoms with Gasteiger partial charge in [0.15, 0.2) is 0 Å². The zero-order chi connectivity index (χ0) is 20.0. The van der Waals surface area contributed by atoms with Gasteiger partial charge in [0.2, 0.25) is 0 Å². The fraction of sp³-hybridized carbons (Fsp3) is 0.222. The van der Waals surface area contributed by atoms with Gasteiger partial charge in [-0.1, -0.05) is 12.1 Å². The zero-order valence-electron chi connectivity index (χ0n) is 15.0. The summed E-state index contributed by atoms with van der Waals surface area (Å²) in [4.78, 5) is 34.5. The number of nitro benzene ring substituents is 1. The molecule has 2 aromatic carbocycles. The summed E-state index contributed by atoms with van der Waals surface area (Å²) in [6.07, 6.45) is 0. The molecule has 0 aromatic heterocycles. The molecule has 0 saturated heterocycles. The van der Waals surface area contributed by atoms with Crippen LogP contribution in [0.5, 0.6) is 11.5 Å². The van der Waals surface area contributed by atoms with E-state index in [0.29, 0.717) is 5.75 Å². The normalized spacial score (nSPS) is 11.2. The van der Waals surface area contributed by atoms with Crippen LogP contribution >= 0.6 is 0 Å². The fourth-order valence-corrected chi connectivity index (χ4v) is 2.31. The van der Waals surface area contributed by atoms with E-state index in [4.69, 9.17) is 9.47 Å². The minimum Gasteiger partial charge on any atom is -0.497 e. The first-order valence-corrected chi connectivity index (χ1v) is 7.94. The second kappa shape index (κ2) is 8.65. The van der Waals surface area contributed by atoms with Crippen LogP contribution in [0.1, 0.15) is 18.5 Å². The number of ether oxygens (including phenoxy) is 2. The van der Waals surface area contributed by atoms with E-state index in [1.165, 1.54) is 19.2 Å². The Morgan fingerprint density at radius 1 is 1.04 bits per heavy atom. The van der Waals surface area contributed by atoms with Crippen LogP contribution in [-0.4, -0.2) is 31.0 Å². The van der Waals surface area contributed by atoms with Crippen molar-refractivity contribution in [2.75, 3.05) is 19.5 Å². The van der Waals surface area contributed by atoms with E-state index in [9.17, 15) is 19.7 Å². The van der Waals surface area contributed by atoms with Gasteiger partial charge in [0, 0.05) is 6.07 Å². The highest BCUT2D eigenvalue weighted by atomic mass is 16.6. The molecule has 0 radical (unpaired) electrons. The molecule has 1 unspecified atom stereocenters. The van der Waals surface area contributed by atoms with Crippen molar-refractivity contribution in [3.63, 3.8) is 0 Å². The average Bonchev–Trinajstić information content (AvgIpc) is 2.67. The number of rotatable bonds is 6. The Morgan fingerprint density at radius 3 is 2.26 bits per heavy atom. The highest BCUT2D eigenvalue weighted by Crippen LogP contribution is 2.29. The highest BCUT2D eigenvalue weighted by Gasteiger charge is 2.20. The monoisotopic (exact) mass is 373 g/mol. The lowest BCUT2D eigenvalue weighted by molar-refractivity contribution is -0.384. The molecular formula is C18H19N3O6. The molecular weight excluding hydrogens is 354 g/mol. The van der Waals surface area contributed by atoms with Crippen LogP contribution in [0.4, 0.5) is 11.4 Å². The van der Waals surface area contributed by atoms with Crippen molar-refractivity contribution in [1.82, 2.24) is 5.32 Å². The molecule has 27 heavy (non-hydrogen) atoms. The van der Waals surface area contributed by atoms with E-state index in [-0.39, 0.29) is 17.1 Å². The van der Waals surface area contributed by atoms with Crippen LogP contribution in [-0.2, 0) is 9.59 Å². The predicted molar refractivity (Wildman–Crippen MR) is 97.8 cm³/mol. The highest BCUT2D eigenvalue weighted by molar-refractivity contribution is 6.39. The first-order valence-electron chi connectivity index (χ1n) is 7.94. The van der Waals surface area contributed by atoms with Crippen LogP contribution < -0.4 is 20.1 Å². The van der Waals surface area contributed by atoms with Crippen molar-refractivity contribution < 1.29 is 24.0 Å². The van der Waals surface area contributed by atoms with E-state index in [1.54, 1.807) is 38.3 Å². The van der Waals surface area contributed by atoms with Gasteiger partial charge in [0.05, 0.1) is 36.9 Å². The second-order valence-corrected chi connectivity index (χ2v) is 5.56. The maximum Gasteiger partial charge on any atom is 0.313 e. The van der Waals surface area contributed by atoms with Gasteiger partial charge >= 0.3 is 11.8 Å². The molecule has 0 aliphatic carbocycles. The van der Waals surface area contributed by atoms with Crippen LogP contribution in [0.3, 0.4) is 0 Å². The lowest BCUT2D eigenvalue weighted by Crippen LogP contribution is -2.37. The van der Waals surface area contributed by atoms with Gasteiger partial charge in [-0.05, 0) is 30.7 Å². The SMILES string of the molecule is COc1ccc(C(C)NC(=O)C(=O)Nc2ccc([N+](=O)[O-])cc2OC)cc1. The Balaban J connectivity index is 2.04. The molecule has 142 valence electrons. The maximum atomic E-state index is 12.1. The number of hydrogen-bond donors (Lipinski definition) is 2. The molecule has 1 atom stereocenters. The number of carbonyl (C=O) groups excluding carboxylic acids is 2. The molecule has 2 N–H and O–H groups in total. The molecule has 9 heteroatoms. The molecule has 0 fully saturated rings. The summed E-state index contributed by atoms with van der Waals surface area (Å²) in [6.45, 7) is 1.74. The number of benzene rings is 2. The Morgan fingerprint density at radius 2 is 1.70 bits per heavy atom. The molecule has 2 rings (SSSR count). The van der Waals surface area contributed by atoms with Crippen molar-refractivity contribution >= 4 is 23.2 Å². The zero-order valence-corrected chi connectivity index (χ0v) is 15.0. The molecule has 2 aromatic rings. The number of hydrogen-bond acceptors (Lipinski definition) is 6. The van der Waals surface area contributed by atoms with Crippen molar-refractivity contribution in [3.05, 3.63) is 58.1 Å². The van der Waals surface area contributed by atoms with E-state index in [2.05, 4.69) is 10.6 Å². The van der Waals surface area contributed by atoms with Crippen molar-refractivity contribution in [3.8, 4) is 11.5 Å². The quantitative estimate of drug-likeness (QED) is 0.456. The Hall–Kier alpha value is -3.62. The lowest BCUT2D eigenvalue weighted by atomic mass is 10.1. The maximum absolute atomic E-state index is 12.1. The minimum atomic E-state index is -0.914. The van der Waals surface area contributed by atoms with Crippen LogP contribution in [0, 0.1) is 10.1 Å². The van der Waals surface area contributed by atoms with Crippen molar-refractivity contribution in [1.29, 1.82) is 0 Å². The third kappa shape index (κ3) is 4.94. The number of nitro groups is 1. The number of anilines is 1.